The van der Waals surface area contributed by atoms with Gasteiger partial charge in [-0.3, -0.25) is 28.6 Å². The zero-order valence-electron chi connectivity index (χ0n) is 29.5. The smallest absolute Gasteiger partial charge is 0.438 e. The van der Waals surface area contributed by atoms with Crippen LogP contribution in [0.4, 0.5) is 17.6 Å². The first-order valence-electron chi connectivity index (χ1n) is 17.9. The number of hydrogen-bond acceptors (Lipinski definition) is 10. The zero-order valence-corrected chi connectivity index (χ0v) is 30.3. The van der Waals surface area contributed by atoms with Crippen LogP contribution in [0.3, 0.4) is 0 Å². The van der Waals surface area contributed by atoms with Gasteiger partial charge in [0.25, 0.3) is 11.8 Å². The number of nitrogens with one attached hydrogen (secondary N) is 3. The summed E-state index contributed by atoms with van der Waals surface area (Å²) in [6, 6.07) is 1.65. The summed E-state index contributed by atoms with van der Waals surface area (Å²) in [7, 11) is -2.40. The summed E-state index contributed by atoms with van der Waals surface area (Å²) in [4.78, 5) is 64.2. The summed E-state index contributed by atoms with van der Waals surface area (Å²) < 4.78 is 91.6. The number of hydrogen-bond donors (Lipinski definition) is 3. The van der Waals surface area contributed by atoms with Crippen molar-refractivity contribution < 1.29 is 49.9 Å². The fraction of sp³-hybridized carbons (Fsp3) is 0.514. The van der Waals surface area contributed by atoms with Crippen LogP contribution in [0, 0.1) is 11.7 Å². The van der Waals surface area contributed by atoms with Gasteiger partial charge in [0.1, 0.15) is 35.2 Å². The van der Waals surface area contributed by atoms with Crippen LogP contribution in [-0.4, -0.2) is 92.2 Å². The minimum absolute atomic E-state index is 0.0214. The third kappa shape index (κ3) is 8.13. The fourth-order valence-electron chi connectivity index (χ4n) is 7.05. The van der Waals surface area contributed by atoms with Gasteiger partial charge in [-0.25, -0.2) is 22.8 Å². The van der Waals surface area contributed by atoms with Crippen LogP contribution in [0.25, 0.3) is 11.0 Å². The van der Waals surface area contributed by atoms with Gasteiger partial charge in [0, 0.05) is 31.6 Å². The van der Waals surface area contributed by atoms with Crippen LogP contribution in [0.2, 0.25) is 0 Å². The monoisotopic (exact) mass is 790 g/mol. The van der Waals surface area contributed by atoms with Gasteiger partial charge < -0.3 is 20.3 Å². The van der Waals surface area contributed by atoms with E-state index in [1.54, 1.807) is 13.1 Å². The molecule has 3 fully saturated rings. The first kappa shape index (κ1) is 38.1. The van der Waals surface area contributed by atoms with Gasteiger partial charge in [-0.1, -0.05) is 25.0 Å². The molecule has 0 unspecified atom stereocenters. The average molecular weight is 791 g/mol. The Hall–Kier alpha value is -5.14. The molecule has 4 aliphatic rings. The fourth-order valence-corrected chi connectivity index (χ4v) is 8.42. The van der Waals surface area contributed by atoms with E-state index in [0.29, 0.717) is 38.5 Å². The predicted molar refractivity (Wildman–Crippen MR) is 185 cm³/mol. The van der Waals surface area contributed by atoms with Crippen molar-refractivity contribution in [2.45, 2.75) is 92.9 Å². The lowest BCUT2D eigenvalue weighted by atomic mass is 10.0. The van der Waals surface area contributed by atoms with Crippen molar-refractivity contribution in [1.29, 1.82) is 0 Å². The molecule has 20 heteroatoms. The number of carbonyl (C=O) groups is 4. The maximum absolute atomic E-state index is 14.4. The van der Waals surface area contributed by atoms with Gasteiger partial charge in [0.15, 0.2) is 0 Å². The maximum Gasteiger partial charge on any atom is 0.438 e. The van der Waals surface area contributed by atoms with Crippen LogP contribution in [-0.2, 0) is 37.6 Å². The molecule has 2 aromatic heterocycles. The molecule has 15 nitrogen and oxygen atoms in total. The van der Waals surface area contributed by atoms with Crippen molar-refractivity contribution in [2.75, 3.05) is 6.54 Å². The van der Waals surface area contributed by atoms with E-state index in [4.69, 9.17) is 4.74 Å². The lowest BCUT2D eigenvalue weighted by Gasteiger charge is -2.29. The van der Waals surface area contributed by atoms with Crippen LogP contribution >= 0.6 is 0 Å². The number of rotatable bonds is 7. The second-order valence-electron chi connectivity index (χ2n) is 14.4. The van der Waals surface area contributed by atoms with Gasteiger partial charge >= 0.3 is 6.18 Å². The lowest BCUT2D eigenvalue weighted by Crippen LogP contribution is -2.58. The molecule has 2 aliphatic carbocycles. The number of allylic oxidation sites excluding steroid dienone is 1. The Morgan fingerprint density at radius 1 is 1.05 bits per heavy atom. The molecule has 3 aromatic rings. The standard InChI is InChI=1S/C35H38F4N8O7S/c1-46-14-13-24(44-46)29(48)41-25-8-6-4-2-3-5-7-19-17-34(19,33(51)45-55(52,53)22-10-11-22)43-30(49)27-16-21(18-47(27)32(25)50)54-31-28(35(37,38)39)40-23-12-9-20(36)15-26(23)42-31/h5,7,9,12-15,19,21-22,25,27H,2-4,6,8,10-11,16-18H2,1H3,(H,41,48)(H,43,49)(H,45,51)/b7-5-/t19-,21-,25+,27+,34-/m1/s1. The lowest BCUT2D eigenvalue weighted by molar-refractivity contribution is -0.143. The number of benzene rings is 1. The molecule has 0 bridgehead atoms. The highest BCUT2D eigenvalue weighted by atomic mass is 32.2. The molecule has 5 atom stereocenters. The summed E-state index contributed by atoms with van der Waals surface area (Å²) in [6.07, 6.45) is 1.73. The number of fused-ring (bicyclic) bond motifs is 3. The molecule has 1 saturated heterocycles. The topological polar surface area (TPSA) is 195 Å². The summed E-state index contributed by atoms with van der Waals surface area (Å²) >= 11 is 0. The van der Waals surface area contributed by atoms with Gasteiger partial charge in [-0.2, -0.15) is 18.3 Å². The first-order chi connectivity index (χ1) is 26.0. The Labute approximate surface area is 312 Å². The molecule has 4 heterocycles. The largest absolute Gasteiger partial charge is 0.471 e. The number of nitrogens with zero attached hydrogens (tertiary/aromatic N) is 5. The van der Waals surface area contributed by atoms with Crippen molar-refractivity contribution >= 4 is 44.7 Å². The van der Waals surface area contributed by atoms with Crippen LogP contribution in [0.1, 0.15) is 74.0 Å². The van der Waals surface area contributed by atoms with E-state index in [1.807, 2.05) is 6.08 Å². The number of sulfonamides is 1. The number of aromatic nitrogens is 4. The third-order valence-corrected chi connectivity index (χ3v) is 12.1. The Morgan fingerprint density at radius 2 is 1.84 bits per heavy atom. The van der Waals surface area contributed by atoms with E-state index in [1.165, 1.54) is 16.9 Å². The Kier molecular flexibility index (Phi) is 10.1. The molecular formula is C35H38F4N8O7S. The van der Waals surface area contributed by atoms with E-state index in [-0.39, 0.29) is 29.6 Å². The van der Waals surface area contributed by atoms with Gasteiger partial charge in [-0.15, -0.1) is 0 Å². The Bertz CT molecular complexity index is 2180. The van der Waals surface area contributed by atoms with Crippen molar-refractivity contribution in [2.24, 2.45) is 13.0 Å². The summed E-state index contributed by atoms with van der Waals surface area (Å²) in [6.45, 7) is -0.453. The predicted octanol–water partition coefficient (Wildman–Crippen LogP) is 2.67. The van der Waals surface area contributed by atoms with Crippen molar-refractivity contribution in [1.82, 2.24) is 40.0 Å². The number of carbonyl (C=O) groups excluding carboxylic acids is 4. The van der Waals surface area contributed by atoms with Crippen molar-refractivity contribution in [3.05, 3.63) is 59.8 Å². The molecule has 1 aromatic carbocycles. The highest BCUT2D eigenvalue weighted by Crippen LogP contribution is 2.46. The molecular weight excluding hydrogens is 752 g/mol. The summed E-state index contributed by atoms with van der Waals surface area (Å²) in [5, 5.41) is 8.73. The normalized spacial score (nSPS) is 26.9. The van der Waals surface area contributed by atoms with Gasteiger partial charge in [-0.05, 0) is 56.7 Å². The van der Waals surface area contributed by atoms with E-state index < -0.39 is 105 Å². The van der Waals surface area contributed by atoms with Gasteiger partial charge in [0.2, 0.25) is 33.4 Å². The number of amides is 4. The minimum atomic E-state index is -5.06. The maximum atomic E-state index is 14.4. The van der Waals surface area contributed by atoms with Crippen molar-refractivity contribution in [3.63, 3.8) is 0 Å². The van der Waals surface area contributed by atoms with Crippen molar-refractivity contribution in [3.8, 4) is 5.88 Å². The molecule has 55 heavy (non-hydrogen) atoms. The molecule has 0 spiro atoms. The highest BCUT2D eigenvalue weighted by molar-refractivity contribution is 7.91. The SMILES string of the molecule is Cn1ccc(C(=O)N[C@H]2CCCCC/C=C\[C@@H]3C[C@@]3(C(=O)NS(=O)(=O)C3CC3)NC(=O)[C@@H]3C[C@@H](Oc4nc5cc(F)ccc5nc4C(F)(F)F)CN3C2=O)n1. The highest BCUT2D eigenvalue weighted by Gasteiger charge is 2.62. The minimum Gasteiger partial charge on any atom is -0.471 e. The quantitative estimate of drug-likeness (QED) is 0.237. The number of ether oxygens (including phenoxy) is 1. The number of alkyl halides is 3. The van der Waals surface area contributed by atoms with E-state index in [2.05, 4.69) is 30.4 Å². The molecule has 2 saturated carbocycles. The molecule has 3 N–H and O–H groups in total. The van der Waals surface area contributed by atoms with E-state index in [9.17, 15) is 45.2 Å². The second kappa shape index (κ2) is 14.5. The van der Waals surface area contributed by atoms with E-state index in [0.717, 1.165) is 23.1 Å². The summed E-state index contributed by atoms with van der Waals surface area (Å²) in [5.74, 6) is -5.60. The molecule has 7 rings (SSSR count). The molecule has 0 radical (unpaired) electrons. The number of halogens is 4. The zero-order chi connectivity index (χ0) is 39.3. The summed E-state index contributed by atoms with van der Waals surface area (Å²) in [5.41, 5.74) is -3.65. The molecule has 2 aliphatic heterocycles. The van der Waals surface area contributed by atoms with Crippen LogP contribution < -0.4 is 20.1 Å². The Balaban J connectivity index is 1.22. The van der Waals surface area contributed by atoms with Crippen LogP contribution in [0.5, 0.6) is 5.88 Å². The van der Waals surface area contributed by atoms with Gasteiger partial charge in [0.05, 0.1) is 22.8 Å². The Morgan fingerprint density at radius 3 is 2.55 bits per heavy atom. The molecule has 294 valence electrons. The first-order valence-corrected chi connectivity index (χ1v) is 19.5. The second-order valence-corrected chi connectivity index (χ2v) is 16.4. The third-order valence-electron chi connectivity index (χ3n) is 10.2. The molecule has 4 amide bonds. The average Bonchev–Trinajstić information content (AvgIpc) is 4.01. The van der Waals surface area contributed by atoms with Crippen LogP contribution in [0.15, 0.2) is 42.6 Å². The number of aryl methyl sites for hydroxylation is 1. The van der Waals surface area contributed by atoms with E-state index >= 15 is 0 Å².